The van der Waals surface area contributed by atoms with Crippen LogP contribution in [-0.2, 0) is 0 Å². The molecule has 0 unspecified atom stereocenters. The number of hydrogen-bond acceptors (Lipinski definition) is 2. The third-order valence-corrected chi connectivity index (χ3v) is 10.7. The molecule has 4 N–H and O–H groups in total. The van der Waals surface area contributed by atoms with Crippen LogP contribution in [0.3, 0.4) is 0 Å². The highest BCUT2D eigenvalue weighted by atomic mass is 35.5. The van der Waals surface area contributed by atoms with Crippen molar-refractivity contribution < 1.29 is 0 Å². The van der Waals surface area contributed by atoms with Gasteiger partial charge in [-0.15, -0.1) is 0 Å². The molecule has 8 bridgehead atoms. The minimum atomic E-state index is 0.686. The molecular weight excluding hydrogens is 726 g/mol. The molecule has 3 aliphatic rings. The van der Waals surface area contributed by atoms with Crippen LogP contribution in [0.25, 0.3) is 22.3 Å². The second kappa shape index (κ2) is 13.5. The highest BCUT2D eigenvalue weighted by molar-refractivity contribution is 6.31. The number of rotatable bonds is 4. The topological polar surface area (TPSA) is 55.6 Å². The maximum atomic E-state index is 6.39. The first kappa shape index (κ1) is 32.8. The van der Waals surface area contributed by atoms with E-state index in [9.17, 15) is 0 Å². The van der Waals surface area contributed by atoms with E-state index in [-0.39, 0.29) is 0 Å². The Balaban J connectivity index is 1.35. The van der Waals surface area contributed by atoms with E-state index in [4.69, 9.17) is 46.4 Å². The van der Waals surface area contributed by atoms with Crippen molar-refractivity contribution in [3.05, 3.63) is 221 Å². The summed E-state index contributed by atoms with van der Waals surface area (Å²) in [5.74, 6) is 0. The molecule has 0 fully saturated rings. The van der Waals surface area contributed by atoms with Crippen LogP contribution < -0.4 is 21.3 Å². The van der Waals surface area contributed by atoms with E-state index in [0.29, 0.717) is 32.9 Å². The summed E-state index contributed by atoms with van der Waals surface area (Å²) in [6.45, 7) is 0. The molecule has 0 aliphatic carbocycles. The lowest BCUT2D eigenvalue weighted by atomic mass is 10.00. The Morgan fingerprint density at radius 1 is 0.346 bits per heavy atom. The first-order valence-electron chi connectivity index (χ1n) is 17.0. The Labute approximate surface area is 321 Å². The summed E-state index contributed by atoms with van der Waals surface area (Å²) in [4.78, 5) is 7.65. The lowest BCUT2D eigenvalue weighted by molar-refractivity contribution is 1.02. The minimum absolute atomic E-state index is 0.686. The molecule has 254 valence electrons. The predicted octanol–water partition coefficient (Wildman–Crippen LogP) is 10.3. The van der Waals surface area contributed by atoms with Crippen LogP contribution in [0.2, 0.25) is 20.1 Å². The van der Waals surface area contributed by atoms with Crippen LogP contribution in [0, 0.1) is 0 Å². The number of aromatic nitrogens is 2. The van der Waals surface area contributed by atoms with Gasteiger partial charge >= 0.3 is 0 Å². The van der Waals surface area contributed by atoms with Crippen LogP contribution in [0.15, 0.2) is 156 Å². The quantitative estimate of drug-likeness (QED) is 0.145. The molecule has 52 heavy (non-hydrogen) atoms. The van der Waals surface area contributed by atoms with Gasteiger partial charge in [-0.3, -0.25) is 0 Å². The fourth-order valence-corrected chi connectivity index (χ4v) is 7.84. The van der Waals surface area contributed by atoms with Crippen molar-refractivity contribution >= 4 is 68.7 Å². The highest BCUT2D eigenvalue weighted by Gasteiger charge is 2.25. The van der Waals surface area contributed by atoms with Gasteiger partial charge in [-0.05, 0) is 95.1 Å². The lowest BCUT2D eigenvalue weighted by Gasteiger charge is -2.17. The van der Waals surface area contributed by atoms with Crippen molar-refractivity contribution in [1.82, 2.24) is 20.6 Å². The van der Waals surface area contributed by atoms with E-state index in [1.807, 2.05) is 48.5 Å². The fourth-order valence-electron chi connectivity index (χ4n) is 7.33. The number of allylic oxidation sites excluding steroid dienone is 4. The van der Waals surface area contributed by atoms with Crippen LogP contribution in [0.1, 0.15) is 46.5 Å². The second-order valence-corrected chi connectivity index (χ2v) is 14.7. The van der Waals surface area contributed by atoms with E-state index in [0.717, 1.165) is 89.4 Å². The van der Waals surface area contributed by atoms with Crippen molar-refractivity contribution in [2.45, 2.75) is 12.8 Å². The first-order valence-corrected chi connectivity index (χ1v) is 18.5. The molecule has 3 aliphatic heterocycles. The van der Waals surface area contributed by atoms with Crippen molar-refractivity contribution in [1.29, 1.82) is 0 Å². The fraction of sp³-hybridized carbons (Fsp3) is 0.0455. The molecule has 4 aromatic carbocycles. The molecule has 0 spiro atoms. The third kappa shape index (κ3) is 6.12. The van der Waals surface area contributed by atoms with Gasteiger partial charge in [0, 0.05) is 100 Å². The van der Waals surface area contributed by atoms with Gasteiger partial charge in [0.2, 0.25) is 0 Å². The summed E-state index contributed by atoms with van der Waals surface area (Å²) in [6.07, 6.45) is 5.92. The molecule has 0 saturated heterocycles. The van der Waals surface area contributed by atoms with Crippen LogP contribution in [0.5, 0.6) is 0 Å². The molecule has 0 saturated carbocycles. The van der Waals surface area contributed by atoms with Gasteiger partial charge in [-0.1, -0.05) is 107 Å². The van der Waals surface area contributed by atoms with Crippen LogP contribution >= 0.6 is 46.4 Å². The highest BCUT2D eigenvalue weighted by Crippen LogP contribution is 2.38. The Hall–Kier alpha value is -5.10. The number of aromatic amines is 2. The van der Waals surface area contributed by atoms with Gasteiger partial charge in [0.05, 0.1) is 0 Å². The third-order valence-electron chi connectivity index (χ3n) is 9.71. The average Bonchev–Trinajstić information content (AvgIpc) is 3.99. The molecule has 9 rings (SSSR count). The monoisotopic (exact) mass is 754 g/mol. The zero-order valence-corrected chi connectivity index (χ0v) is 30.7. The summed E-state index contributed by atoms with van der Waals surface area (Å²) in [5, 5.41) is 12.4. The zero-order chi connectivity index (χ0) is 35.3. The number of halogens is 4. The van der Waals surface area contributed by atoms with Crippen molar-refractivity contribution in [3.63, 3.8) is 0 Å². The molecule has 4 nitrogen and oxygen atoms in total. The van der Waals surface area contributed by atoms with Gasteiger partial charge in [-0.25, -0.2) is 0 Å². The number of hydrogen-bond donors (Lipinski definition) is 4. The van der Waals surface area contributed by atoms with Crippen molar-refractivity contribution in [2.24, 2.45) is 0 Å². The molecule has 0 amide bonds. The standard InChI is InChI=1S/C44H30Cl4N4/c45-29-9-1-25(2-10-29)41-33-17-19-35(49-33)42(26-3-11-30(46)12-4-26)37-21-23-39(51-37)44(28-7-15-32(48)16-8-28)40-24-22-38(52-40)43(36-20-18-34(41)50-36)27-5-13-31(47)14-6-27/h1-19,21-22,24,49-52H,20,23H2. The Morgan fingerprint density at radius 3 is 1.02 bits per heavy atom. The largest absolute Gasteiger partial charge is 0.358 e. The van der Waals surface area contributed by atoms with Crippen LogP contribution in [-0.4, -0.2) is 9.97 Å². The normalized spacial score (nSPS) is 15.5. The Kier molecular flexibility index (Phi) is 8.49. The Bertz CT molecular complexity index is 2440. The van der Waals surface area contributed by atoms with E-state index in [1.165, 1.54) is 0 Å². The average molecular weight is 757 g/mol. The van der Waals surface area contributed by atoms with Crippen molar-refractivity contribution in [3.8, 4) is 0 Å². The van der Waals surface area contributed by atoms with Gasteiger partial charge in [0.1, 0.15) is 0 Å². The number of benzene rings is 4. The summed E-state index contributed by atoms with van der Waals surface area (Å²) >= 11 is 25.6. The zero-order valence-electron chi connectivity index (χ0n) is 27.6. The van der Waals surface area contributed by atoms with Crippen LogP contribution in [0.4, 0.5) is 0 Å². The number of nitrogens with one attached hydrogen (secondary N) is 4. The van der Waals surface area contributed by atoms with Gasteiger partial charge in [0.15, 0.2) is 0 Å². The number of H-pyrrole nitrogens is 2. The van der Waals surface area contributed by atoms with Gasteiger partial charge in [0.25, 0.3) is 0 Å². The minimum Gasteiger partial charge on any atom is -0.358 e. The molecule has 0 radical (unpaired) electrons. The summed E-state index contributed by atoms with van der Waals surface area (Å²) in [6, 6.07) is 40.7. The molecule has 5 heterocycles. The van der Waals surface area contributed by atoms with E-state index in [1.54, 1.807) is 0 Å². The molecule has 8 heteroatoms. The lowest BCUT2D eigenvalue weighted by Crippen LogP contribution is -2.22. The molecular formula is C44H30Cl4N4. The molecule has 0 atom stereocenters. The van der Waals surface area contributed by atoms with Gasteiger partial charge in [-0.2, -0.15) is 0 Å². The molecule has 6 aromatic rings. The summed E-state index contributed by atoms with van der Waals surface area (Å²) in [5.41, 5.74) is 14.6. The SMILES string of the molecule is Clc1ccc(C2=C3CC=C(N3)C(c3ccc(Cl)cc3)=c3ccc([nH]3)=C(c3ccc(Cl)cc3)C3=CCC(=C(c4ccc(Cl)cc4)c4ccc2[nH]4)N3)cc1. The summed E-state index contributed by atoms with van der Waals surface area (Å²) in [7, 11) is 0. The van der Waals surface area contributed by atoms with E-state index in [2.05, 4.69) is 106 Å². The summed E-state index contributed by atoms with van der Waals surface area (Å²) < 4.78 is 0. The van der Waals surface area contributed by atoms with E-state index < -0.39 is 0 Å². The van der Waals surface area contributed by atoms with Crippen molar-refractivity contribution in [2.75, 3.05) is 0 Å². The van der Waals surface area contributed by atoms with E-state index >= 15 is 0 Å². The smallest absolute Gasteiger partial charge is 0.0485 e. The maximum Gasteiger partial charge on any atom is 0.0485 e. The number of fused-ring (bicyclic) bond motifs is 8. The molecule has 2 aromatic heterocycles. The predicted molar refractivity (Wildman–Crippen MR) is 215 cm³/mol. The maximum absolute atomic E-state index is 6.39. The second-order valence-electron chi connectivity index (χ2n) is 12.9. The van der Waals surface area contributed by atoms with Gasteiger partial charge < -0.3 is 20.6 Å². The Morgan fingerprint density at radius 2 is 0.673 bits per heavy atom. The first-order chi connectivity index (χ1) is 25.4.